The van der Waals surface area contributed by atoms with Crippen LogP contribution < -0.4 is 5.32 Å². The molecule has 2 amide bonds. The van der Waals surface area contributed by atoms with Crippen molar-refractivity contribution < 1.29 is 14.7 Å². The van der Waals surface area contributed by atoms with E-state index in [-0.39, 0.29) is 18.4 Å². The van der Waals surface area contributed by atoms with Gasteiger partial charge in [0.05, 0.1) is 5.69 Å². The molecule has 2 aliphatic rings. The molecular weight excluding hydrogens is 308 g/mol. The Labute approximate surface area is 142 Å². The zero-order chi connectivity index (χ0) is 17.1. The number of carbonyl (C=O) groups excluding carboxylic acids is 1. The molecule has 1 saturated carbocycles. The van der Waals surface area contributed by atoms with Crippen LogP contribution in [0.5, 0.6) is 0 Å². The van der Waals surface area contributed by atoms with E-state index in [1.807, 2.05) is 13.1 Å². The number of anilines is 1. The number of hydrogen-bond acceptors (Lipinski definition) is 3. The summed E-state index contributed by atoms with van der Waals surface area (Å²) in [6.07, 6.45) is 6.35. The van der Waals surface area contributed by atoms with Crippen LogP contribution in [-0.2, 0) is 11.8 Å². The maximum absolute atomic E-state index is 12.5. The van der Waals surface area contributed by atoms with Crippen molar-refractivity contribution in [2.24, 2.45) is 13.0 Å². The van der Waals surface area contributed by atoms with Gasteiger partial charge in [0.1, 0.15) is 5.82 Å². The Bertz CT molecular complexity index is 609. The summed E-state index contributed by atoms with van der Waals surface area (Å²) in [6, 6.07) is 1.87. The second-order valence-corrected chi connectivity index (χ2v) is 7.02. The van der Waals surface area contributed by atoms with E-state index in [2.05, 4.69) is 10.4 Å². The van der Waals surface area contributed by atoms with Crippen LogP contribution in [0.15, 0.2) is 6.07 Å². The number of urea groups is 1. The number of rotatable bonds is 5. The van der Waals surface area contributed by atoms with Crippen LogP contribution in [0.2, 0.25) is 0 Å². The molecule has 2 N–H and O–H groups in total. The van der Waals surface area contributed by atoms with E-state index in [1.165, 1.54) is 19.3 Å². The number of aliphatic carboxylic acids is 1. The van der Waals surface area contributed by atoms with E-state index in [0.29, 0.717) is 18.9 Å². The number of hydrogen-bond donors (Lipinski definition) is 2. The van der Waals surface area contributed by atoms with Crippen LogP contribution in [0, 0.1) is 5.92 Å². The van der Waals surface area contributed by atoms with E-state index in [0.717, 1.165) is 30.9 Å². The fraction of sp³-hybridized carbons (Fsp3) is 0.706. The first-order valence-electron chi connectivity index (χ1n) is 8.84. The summed E-state index contributed by atoms with van der Waals surface area (Å²) in [5.74, 6) is 0.777. The van der Waals surface area contributed by atoms with Crippen molar-refractivity contribution in [2.75, 3.05) is 18.4 Å². The highest BCUT2D eigenvalue weighted by Gasteiger charge is 2.26. The molecule has 7 nitrogen and oxygen atoms in total. The van der Waals surface area contributed by atoms with E-state index in [9.17, 15) is 9.59 Å². The van der Waals surface area contributed by atoms with Gasteiger partial charge in [-0.2, -0.15) is 5.10 Å². The number of nitrogens with one attached hydrogen (secondary N) is 1. The number of carbonyl (C=O) groups is 2. The molecule has 1 atom stereocenters. The molecule has 1 unspecified atom stereocenters. The van der Waals surface area contributed by atoms with Gasteiger partial charge in [-0.3, -0.25) is 14.8 Å². The molecular formula is C17H26N4O3. The van der Waals surface area contributed by atoms with Gasteiger partial charge in [0, 0.05) is 38.5 Å². The van der Waals surface area contributed by atoms with Crippen LogP contribution in [0.1, 0.15) is 56.6 Å². The number of likely N-dealkylation sites (tertiary alicyclic amines) is 1. The third-order valence-corrected chi connectivity index (χ3v) is 5.23. The molecule has 1 aromatic heterocycles. The zero-order valence-corrected chi connectivity index (χ0v) is 14.2. The van der Waals surface area contributed by atoms with E-state index < -0.39 is 5.97 Å². The lowest BCUT2D eigenvalue weighted by molar-refractivity contribution is -0.137. The SMILES string of the molecule is Cn1nc(C2CCC2)cc1NC(=O)N1CCCC(CCC(=O)O)C1. The molecule has 1 aliphatic carbocycles. The van der Waals surface area contributed by atoms with Crippen molar-refractivity contribution in [3.63, 3.8) is 0 Å². The quantitative estimate of drug-likeness (QED) is 0.867. The lowest BCUT2D eigenvalue weighted by atomic mass is 9.83. The van der Waals surface area contributed by atoms with Gasteiger partial charge in [0.2, 0.25) is 0 Å². The Morgan fingerprint density at radius 2 is 2.12 bits per heavy atom. The fourth-order valence-electron chi connectivity index (χ4n) is 3.51. The number of piperidine rings is 1. The number of carboxylic acid groups (broad SMARTS) is 1. The molecule has 0 radical (unpaired) electrons. The minimum absolute atomic E-state index is 0.113. The highest BCUT2D eigenvalue weighted by molar-refractivity contribution is 5.88. The topological polar surface area (TPSA) is 87.5 Å². The second kappa shape index (κ2) is 7.23. The largest absolute Gasteiger partial charge is 0.481 e. The predicted octanol–water partition coefficient (Wildman–Crippen LogP) is 2.80. The highest BCUT2D eigenvalue weighted by Crippen LogP contribution is 2.36. The lowest BCUT2D eigenvalue weighted by Crippen LogP contribution is -2.42. The molecule has 1 aromatic rings. The zero-order valence-electron chi connectivity index (χ0n) is 14.2. The minimum atomic E-state index is -0.769. The summed E-state index contributed by atoms with van der Waals surface area (Å²) in [4.78, 5) is 25.0. The van der Waals surface area contributed by atoms with Gasteiger partial charge in [-0.1, -0.05) is 6.42 Å². The van der Waals surface area contributed by atoms with Crippen LogP contribution in [0.4, 0.5) is 10.6 Å². The molecule has 0 aromatic carbocycles. The number of aromatic nitrogens is 2. The Morgan fingerprint density at radius 1 is 1.33 bits per heavy atom. The second-order valence-electron chi connectivity index (χ2n) is 7.02. The summed E-state index contributed by atoms with van der Waals surface area (Å²) in [5.41, 5.74) is 1.07. The molecule has 132 valence electrons. The average molecular weight is 334 g/mol. The molecule has 0 spiro atoms. The molecule has 2 fully saturated rings. The minimum Gasteiger partial charge on any atom is -0.481 e. The van der Waals surface area contributed by atoms with Crippen molar-refractivity contribution in [3.8, 4) is 0 Å². The van der Waals surface area contributed by atoms with Crippen LogP contribution in [0.3, 0.4) is 0 Å². The van der Waals surface area contributed by atoms with E-state index >= 15 is 0 Å². The number of aryl methyl sites for hydroxylation is 1. The monoisotopic (exact) mass is 334 g/mol. The molecule has 3 rings (SSSR count). The average Bonchev–Trinajstić information content (AvgIpc) is 2.84. The Balaban J connectivity index is 1.56. The van der Waals surface area contributed by atoms with Crippen molar-refractivity contribution >= 4 is 17.8 Å². The van der Waals surface area contributed by atoms with Crippen LogP contribution in [0.25, 0.3) is 0 Å². The summed E-state index contributed by atoms with van der Waals surface area (Å²) < 4.78 is 1.73. The normalized spacial score (nSPS) is 21.4. The summed E-state index contributed by atoms with van der Waals surface area (Å²) in [6.45, 7) is 1.36. The van der Waals surface area contributed by atoms with Crippen LogP contribution >= 0.6 is 0 Å². The van der Waals surface area contributed by atoms with Gasteiger partial charge >= 0.3 is 12.0 Å². The van der Waals surface area contributed by atoms with Gasteiger partial charge in [-0.05, 0) is 38.0 Å². The standard InChI is InChI=1S/C17H26N4O3/c1-20-15(10-14(19-20)13-5-2-6-13)18-17(24)21-9-3-4-12(11-21)7-8-16(22)23/h10,12-13H,2-9,11H2,1H3,(H,18,24)(H,22,23). The van der Waals surface area contributed by atoms with Gasteiger partial charge in [0.15, 0.2) is 0 Å². The maximum atomic E-state index is 12.5. The first-order valence-corrected chi connectivity index (χ1v) is 8.84. The Kier molecular flexibility index (Phi) is 5.06. The first kappa shape index (κ1) is 16.8. The number of carboxylic acids is 1. The van der Waals surface area contributed by atoms with E-state index in [4.69, 9.17) is 5.11 Å². The summed E-state index contributed by atoms with van der Waals surface area (Å²) in [5, 5.41) is 16.3. The smallest absolute Gasteiger partial charge is 0.323 e. The summed E-state index contributed by atoms with van der Waals surface area (Å²) >= 11 is 0. The maximum Gasteiger partial charge on any atom is 0.323 e. The predicted molar refractivity (Wildman–Crippen MR) is 90.0 cm³/mol. The van der Waals surface area contributed by atoms with Gasteiger partial charge in [-0.15, -0.1) is 0 Å². The molecule has 0 bridgehead atoms. The third-order valence-electron chi connectivity index (χ3n) is 5.23. The molecule has 7 heteroatoms. The number of nitrogens with zero attached hydrogens (tertiary/aromatic N) is 3. The van der Waals surface area contributed by atoms with Crippen molar-refractivity contribution in [3.05, 3.63) is 11.8 Å². The van der Waals surface area contributed by atoms with Gasteiger partial charge < -0.3 is 10.0 Å². The Hall–Kier alpha value is -2.05. The molecule has 1 aliphatic heterocycles. The van der Waals surface area contributed by atoms with Crippen molar-refractivity contribution in [1.29, 1.82) is 0 Å². The molecule has 2 heterocycles. The van der Waals surface area contributed by atoms with Crippen LogP contribution in [-0.4, -0.2) is 44.9 Å². The first-order chi connectivity index (χ1) is 11.5. The van der Waals surface area contributed by atoms with Gasteiger partial charge in [-0.25, -0.2) is 4.79 Å². The molecule has 1 saturated heterocycles. The highest BCUT2D eigenvalue weighted by atomic mass is 16.4. The fourth-order valence-corrected chi connectivity index (χ4v) is 3.51. The lowest BCUT2D eigenvalue weighted by Gasteiger charge is -2.32. The van der Waals surface area contributed by atoms with Crippen molar-refractivity contribution in [2.45, 2.75) is 50.9 Å². The molecule has 24 heavy (non-hydrogen) atoms. The Morgan fingerprint density at radius 3 is 2.79 bits per heavy atom. The number of amides is 2. The van der Waals surface area contributed by atoms with E-state index in [1.54, 1.807) is 9.58 Å². The third kappa shape index (κ3) is 3.88. The van der Waals surface area contributed by atoms with Crippen molar-refractivity contribution in [1.82, 2.24) is 14.7 Å². The summed E-state index contributed by atoms with van der Waals surface area (Å²) in [7, 11) is 1.85. The van der Waals surface area contributed by atoms with Gasteiger partial charge in [0.25, 0.3) is 0 Å².